The van der Waals surface area contributed by atoms with Gasteiger partial charge in [0, 0.05) is 32.7 Å². The third-order valence-corrected chi connectivity index (χ3v) is 2.88. The minimum Gasteiger partial charge on any atom is -1.00 e. The van der Waals surface area contributed by atoms with Gasteiger partial charge in [-0.15, -0.1) is 6.54 Å². The van der Waals surface area contributed by atoms with Gasteiger partial charge in [0.25, 0.3) is 0 Å². The van der Waals surface area contributed by atoms with E-state index in [2.05, 4.69) is 47.7 Å². The van der Waals surface area contributed by atoms with Crippen molar-refractivity contribution in [1.82, 2.24) is 20.0 Å². The second-order valence-corrected chi connectivity index (χ2v) is 4.48. The SMILES string of the molecule is CN1[CH-]CN(C)CCNCCN(C)CC1.[Cl-].[Cl-].[Cl-].[Ti+4]. The molecule has 0 atom stereocenters. The van der Waals surface area contributed by atoms with Crippen molar-refractivity contribution in [3.8, 4) is 0 Å². The summed E-state index contributed by atoms with van der Waals surface area (Å²) in [7, 11) is 6.52. The van der Waals surface area contributed by atoms with Crippen molar-refractivity contribution < 1.29 is 58.9 Å². The minimum absolute atomic E-state index is 0. The Morgan fingerprint density at radius 2 is 1.32 bits per heavy atom. The van der Waals surface area contributed by atoms with Gasteiger partial charge in [0.05, 0.1) is 0 Å². The molecule has 0 spiro atoms. The summed E-state index contributed by atoms with van der Waals surface area (Å²) in [5.74, 6) is 0. The second-order valence-electron chi connectivity index (χ2n) is 4.48. The molecule has 0 aromatic rings. The zero-order chi connectivity index (χ0) is 11.1. The number of hydrogen-bond acceptors (Lipinski definition) is 4. The van der Waals surface area contributed by atoms with Crippen LogP contribution in [0.4, 0.5) is 0 Å². The predicted octanol–water partition coefficient (Wildman–Crippen LogP) is -9.44. The molecular formula is C11H25Cl3N4Ti. The Morgan fingerprint density at radius 3 is 1.89 bits per heavy atom. The number of hydrogen-bond donors (Lipinski definition) is 1. The van der Waals surface area contributed by atoms with Gasteiger partial charge in [-0.25, -0.2) is 0 Å². The van der Waals surface area contributed by atoms with Crippen molar-refractivity contribution in [2.75, 3.05) is 67.0 Å². The van der Waals surface area contributed by atoms with Crippen molar-refractivity contribution in [2.24, 2.45) is 0 Å². The summed E-state index contributed by atoms with van der Waals surface area (Å²) in [6.45, 7) is 10.0. The molecule has 0 aromatic heterocycles. The van der Waals surface area contributed by atoms with Crippen LogP contribution in [0.15, 0.2) is 0 Å². The second kappa shape index (κ2) is 17.5. The van der Waals surface area contributed by atoms with Gasteiger partial charge in [0.2, 0.25) is 0 Å². The van der Waals surface area contributed by atoms with Gasteiger partial charge in [-0.1, -0.05) is 0 Å². The molecule has 1 saturated heterocycles. The fraction of sp³-hybridized carbons (Fsp3) is 0.909. The number of nitrogens with one attached hydrogen (secondary N) is 1. The van der Waals surface area contributed by atoms with Gasteiger partial charge in [0.15, 0.2) is 0 Å². The summed E-state index contributed by atoms with van der Waals surface area (Å²) in [5, 5.41) is 3.46. The van der Waals surface area contributed by atoms with Gasteiger partial charge < -0.3 is 57.2 Å². The Bertz CT molecular complexity index is 164. The van der Waals surface area contributed by atoms with E-state index in [1.807, 2.05) is 0 Å². The normalized spacial score (nSPS) is 20.4. The van der Waals surface area contributed by atoms with E-state index in [1.165, 1.54) is 0 Å². The summed E-state index contributed by atoms with van der Waals surface area (Å²) in [6, 6.07) is 0. The Kier molecular flexibility index (Phi) is 26.3. The molecule has 1 N–H and O–H groups in total. The maximum Gasteiger partial charge on any atom is 4.00 e. The Hall–Kier alpha value is 1.42. The standard InChI is InChI=1S/C11H25N4.3ClH.Ti/c1-13-6-4-12-5-7-14(2)9-11-15(3)10-8-13;;;;/h10,12H,4-9,11H2,1-3H3;3*1H;/q-1;;;;+4/p-3. The maximum absolute atomic E-state index is 3.46. The fourth-order valence-corrected chi connectivity index (χ4v) is 1.57. The molecule has 0 saturated carbocycles. The first-order valence-corrected chi connectivity index (χ1v) is 5.80. The Morgan fingerprint density at radius 1 is 0.789 bits per heavy atom. The zero-order valence-corrected chi connectivity index (χ0v) is 15.8. The summed E-state index contributed by atoms with van der Waals surface area (Å²) >= 11 is 0. The molecule has 4 nitrogen and oxygen atoms in total. The van der Waals surface area contributed by atoms with Gasteiger partial charge in [0.1, 0.15) is 0 Å². The molecule has 1 heterocycles. The van der Waals surface area contributed by atoms with Crippen molar-refractivity contribution in [2.45, 2.75) is 0 Å². The van der Waals surface area contributed by atoms with Crippen LogP contribution in [-0.4, -0.2) is 81.7 Å². The average molecular weight is 368 g/mol. The Balaban J connectivity index is -0.000000281. The first kappa shape index (κ1) is 28.6. The Labute approximate surface area is 152 Å². The molecular weight excluding hydrogens is 342 g/mol. The van der Waals surface area contributed by atoms with Crippen LogP contribution in [0.2, 0.25) is 0 Å². The average Bonchev–Trinajstić information content (AvgIpc) is 2.21. The van der Waals surface area contributed by atoms with Crippen molar-refractivity contribution in [3.63, 3.8) is 0 Å². The van der Waals surface area contributed by atoms with Crippen LogP contribution in [-0.2, 0) is 21.7 Å². The van der Waals surface area contributed by atoms with Crippen LogP contribution in [0.1, 0.15) is 0 Å². The van der Waals surface area contributed by atoms with E-state index in [1.54, 1.807) is 0 Å². The molecule has 0 bridgehead atoms. The summed E-state index contributed by atoms with van der Waals surface area (Å²) in [5.41, 5.74) is 0. The number of nitrogens with zero attached hydrogens (tertiary/aromatic N) is 3. The fourth-order valence-electron chi connectivity index (χ4n) is 1.57. The molecule has 19 heavy (non-hydrogen) atoms. The first-order chi connectivity index (χ1) is 7.18. The van der Waals surface area contributed by atoms with Crippen molar-refractivity contribution in [1.29, 1.82) is 0 Å². The van der Waals surface area contributed by atoms with Crippen LogP contribution in [0.3, 0.4) is 0 Å². The summed E-state index contributed by atoms with van der Waals surface area (Å²) in [6.07, 6.45) is 0. The van der Waals surface area contributed by atoms with Crippen LogP contribution < -0.4 is 42.5 Å². The molecule has 114 valence electrons. The molecule has 1 aliphatic heterocycles. The van der Waals surface area contributed by atoms with Gasteiger partial charge in [-0.2, -0.15) is 0 Å². The predicted molar refractivity (Wildman–Crippen MR) is 64.8 cm³/mol. The van der Waals surface area contributed by atoms with E-state index in [0.717, 1.165) is 45.8 Å². The van der Waals surface area contributed by atoms with E-state index >= 15 is 0 Å². The smallest absolute Gasteiger partial charge is 1.00 e. The zero-order valence-electron chi connectivity index (χ0n) is 12.0. The van der Waals surface area contributed by atoms with Crippen molar-refractivity contribution in [3.05, 3.63) is 6.54 Å². The number of likely N-dealkylation sites (N-methyl/N-ethyl adjacent to an activating group) is 3. The molecule has 0 aliphatic carbocycles. The third-order valence-electron chi connectivity index (χ3n) is 2.88. The van der Waals surface area contributed by atoms with E-state index in [4.69, 9.17) is 0 Å². The number of halogens is 3. The van der Waals surface area contributed by atoms with E-state index in [9.17, 15) is 0 Å². The van der Waals surface area contributed by atoms with Gasteiger partial charge >= 0.3 is 21.7 Å². The largest absolute Gasteiger partial charge is 4.00 e. The van der Waals surface area contributed by atoms with Crippen molar-refractivity contribution >= 4 is 0 Å². The van der Waals surface area contributed by atoms with E-state index in [0.29, 0.717) is 0 Å². The molecule has 1 fully saturated rings. The molecule has 0 amide bonds. The minimum atomic E-state index is 0. The summed E-state index contributed by atoms with van der Waals surface area (Å²) in [4.78, 5) is 7.01. The first-order valence-electron chi connectivity index (χ1n) is 5.80. The van der Waals surface area contributed by atoms with Crippen LogP contribution >= 0.6 is 0 Å². The molecule has 1 rings (SSSR count). The quantitative estimate of drug-likeness (QED) is 0.339. The van der Waals surface area contributed by atoms with Crippen LogP contribution in [0.25, 0.3) is 0 Å². The molecule has 8 heteroatoms. The van der Waals surface area contributed by atoms with E-state index in [-0.39, 0.29) is 58.9 Å². The molecule has 0 radical (unpaired) electrons. The maximum atomic E-state index is 3.46. The molecule has 0 aromatic carbocycles. The monoisotopic (exact) mass is 366 g/mol. The molecule has 1 aliphatic rings. The van der Waals surface area contributed by atoms with Gasteiger partial charge in [-0.3, -0.25) is 6.54 Å². The van der Waals surface area contributed by atoms with E-state index < -0.39 is 0 Å². The molecule has 0 unspecified atom stereocenters. The summed E-state index contributed by atoms with van der Waals surface area (Å²) < 4.78 is 0. The van der Waals surface area contributed by atoms with Gasteiger partial charge in [-0.05, 0) is 27.7 Å². The van der Waals surface area contributed by atoms with Crippen LogP contribution in [0.5, 0.6) is 0 Å². The van der Waals surface area contributed by atoms with Crippen LogP contribution in [0, 0.1) is 6.54 Å². The topological polar surface area (TPSA) is 21.8 Å². The number of rotatable bonds is 0. The third kappa shape index (κ3) is 15.6.